The lowest BCUT2D eigenvalue weighted by atomic mass is 9.58. The Bertz CT molecular complexity index is 645. The first kappa shape index (κ1) is 19.0. The molecule has 3 fully saturated rings. The molecule has 3 aliphatic carbocycles. The number of hydrogen-bond donors (Lipinski definition) is 1. The summed E-state index contributed by atoms with van der Waals surface area (Å²) in [4.78, 5) is 12.4. The predicted octanol–water partition coefficient (Wildman–Crippen LogP) is 3.68. The number of carbonyl (C=O) groups excluding carboxylic acids is 1. The van der Waals surface area contributed by atoms with Crippen LogP contribution < -0.4 is 5.32 Å². The molecule has 146 valence electrons. The molecule has 3 saturated carbocycles. The summed E-state index contributed by atoms with van der Waals surface area (Å²) >= 11 is 0. The number of halogens is 6. The Kier molecular flexibility index (Phi) is 4.96. The Morgan fingerprint density at radius 1 is 1.12 bits per heavy atom. The Hall–Kier alpha value is -1.74. The second kappa shape index (κ2) is 6.77. The number of hydrogen-bond acceptors (Lipinski definition) is 2. The molecule has 1 N–H and O–H groups in total. The third-order valence-electron chi connectivity index (χ3n) is 5.39. The molecule has 0 aromatic carbocycles. The fraction of sp³-hybridized carbons (Fsp3) is 0.750. The zero-order valence-electron chi connectivity index (χ0n) is 13.8. The van der Waals surface area contributed by atoms with E-state index < -0.39 is 42.6 Å². The van der Waals surface area contributed by atoms with Crippen molar-refractivity contribution in [3.8, 4) is 0 Å². The Morgan fingerprint density at radius 2 is 1.73 bits per heavy atom. The lowest BCUT2D eigenvalue weighted by Crippen LogP contribution is -2.53. The van der Waals surface area contributed by atoms with Crippen molar-refractivity contribution in [3.05, 3.63) is 18.0 Å². The highest BCUT2D eigenvalue weighted by atomic mass is 19.4. The summed E-state index contributed by atoms with van der Waals surface area (Å²) in [5.74, 6) is -4.24. The molecule has 1 aromatic heterocycles. The van der Waals surface area contributed by atoms with Crippen molar-refractivity contribution in [2.24, 2.45) is 23.7 Å². The Labute approximate surface area is 145 Å². The number of aromatic nitrogens is 2. The first-order valence-electron chi connectivity index (χ1n) is 8.47. The van der Waals surface area contributed by atoms with E-state index in [1.165, 1.54) is 6.20 Å². The summed E-state index contributed by atoms with van der Waals surface area (Å²) < 4.78 is 77.9. The molecule has 3 aliphatic rings. The zero-order valence-corrected chi connectivity index (χ0v) is 13.8. The maximum Gasteiger partial charge on any atom is 0.408 e. The normalized spacial score (nSPS) is 29.0. The summed E-state index contributed by atoms with van der Waals surface area (Å²) in [6, 6.07) is 0. The molecule has 0 spiro atoms. The van der Waals surface area contributed by atoms with E-state index >= 15 is 0 Å². The van der Waals surface area contributed by atoms with Gasteiger partial charge in [-0.05, 0) is 37.5 Å². The largest absolute Gasteiger partial charge is 0.408 e. The van der Waals surface area contributed by atoms with Gasteiger partial charge in [-0.3, -0.25) is 9.48 Å². The molecular formula is C16H19F6N3O. The number of carbonyl (C=O) groups is 1. The molecule has 0 unspecified atom stereocenters. The predicted molar refractivity (Wildman–Crippen MR) is 78.6 cm³/mol. The van der Waals surface area contributed by atoms with Crippen molar-refractivity contribution < 1.29 is 31.1 Å². The van der Waals surface area contributed by atoms with Crippen LogP contribution in [-0.4, -0.2) is 28.0 Å². The maximum absolute atomic E-state index is 13.4. The number of amides is 1. The minimum absolute atomic E-state index is 0.144. The molecule has 26 heavy (non-hydrogen) atoms. The SMILES string of the molecule is O=C(NCc1cnn(CC(F)(F)F)c1)[C@H]1C2CCC(CC2)[C@@H]1C(F)(F)F. The molecule has 10 heteroatoms. The lowest BCUT2D eigenvalue weighted by molar-refractivity contribution is -0.229. The molecule has 1 aromatic rings. The van der Waals surface area contributed by atoms with Crippen molar-refractivity contribution in [3.63, 3.8) is 0 Å². The van der Waals surface area contributed by atoms with Gasteiger partial charge in [0.1, 0.15) is 6.54 Å². The van der Waals surface area contributed by atoms with Gasteiger partial charge in [-0.25, -0.2) is 0 Å². The first-order chi connectivity index (χ1) is 12.0. The average Bonchev–Trinajstić information content (AvgIpc) is 2.97. The third kappa shape index (κ3) is 4.15. The molecule has 0 saturated heterocycles. The van der Waals surface area contributed by atoms with Crippen LogP contribution in [0.5, 0.6) is 0 Å². The van der Waals surface area contributed by atoms with E-state index in [0.717, 1.165) is 6.20 Å². The van der Waals surface area contributed by atoms with Crippen LogP contribution in [0.4, 0.5) is 26.3 Å². The van der Waals surface area contributed by atoms with Crippen LogP contribution in [0.25, 0.3) is 0 Å². The molecule has 2 atom stereocenters. The van der Waals surface area contributed by atoms with Gasteiger partial charge in [0.25, 0.3) is 0 Å². The van der Waals surface area contributed by atoms with Crippen LogP contribution >= 0.6 is 0 Å². The van der Waals surface area contributed by atoms with Crippen LogP contribution in [0.2, 0.25) is 0 Å². The molecule has 0 radical (unpaired) electrons. The molecular weight excluding hydrogens is 364 g/mol. The van der Waals surface area contributed by atoms with Gasteiger partial charge in [0.05, 0.1) is 18.0 Å². The van der Waals surface area contributed by atoms with E-state index in [-0.39, 0.29) is 12.5 Å². The van der Waals surface area contributed by atoms with Gasteiger partial charge in [-0.15, -0.1) is 0 Å². The van der Waals surface area contributed by atoms with Gasteiger partial charge in [-0.1, -0.05) is 0 Å². The van der Waals surface area contributed by atoms with Gasteiger partial charge >= 0.3 is 12.4 Å². The van der Waals surface area contributed by atoms with Gasteiger partial charge < -0.3 is 5.32 Å². The molecule has 4 rings (SSSR count). The average molecular weight is 383 g/mol. The monoisotopic (exact) mass is 383 g/mol. The summed E-state index contributed by atoms with van der Waals surface area (Å²) in [5, 5.41) is 6.01. The van der Waals surface area contributed by atoms with Crippen molar-refractivity contribution in [1.29, 1.82) is 0 Å². The Morgan fingerprint density at radius 3 is 2.31 bits per heavy atom. The second-order valence-corrected chi connectivity index (χ2v) is 7.15. The van der Waals surface area contributed by atoms with E-state index in [1.807, 2.05) is 0 Å². The van der Waals surface area contributed by atoms with Crippen LogP contribution in [0.15, 0.2) is 12.4 Å². The minimum atomic E-state index is -4.43. The van der Waals surface area contributed by atoms with Crippen LogP contribution in [0.1, 0.15) is 31.2 Å². The molecule has 0 aliphatic heterocycles. The molecule has 1 heterocycles. The van der Waals surface area contributed by atoms with Crippen molar-refractivity contribution >= 4 is 5.91 Å². The molecule has 2 bridgehead atoms. The highest BCUT2D eigenvalue weighted by Crippen LogP contribution is 2.54. The number of nitrogens with one attached hydrogen (secondary N) is 1. The van der Waals surface area contributed by atoms with Gasteiger partial charge in [-0.2, -0.15) is 31.4 Å². The summed E-state index contributed by atoms with van der Waals surface area (Å²) in [6.07, 6.45) is -4.36. The number of rotatable bonds is 4. The fourth-order valence-corrected chi connectivity index (χ4v) is 4.37. The van der Waals surface area contributed by atoms with Gasteiger partial charge in [0.15, 0.2) is 0 Å². The first-order valence-corrected chi connectivity index (χ1v) is 8.47. The van der Waals surface area contributed by atoms with Crippen LogP contribution in [0, 0.1) is 23.7 Å². The van der Waals surface area contributed by atoms with Crippen molar-refractivity contribution in [2.75, 3.05) is 0 Å². The number of nitrogens with zero attached hydrogens (tertiary/aromatic N) is 2. The van der Waals surface area contributed by atoms with Crippen LogP contribution in [-0.2, 0) is 17.9 Å². The van der Waals surface area contributed by atoms with Gasteiger partial charge in [0, 0.05) is 18.3 Å². The number of fused-ring (bicyclic) bond motifs is 3. The van der Waals surface area contributed by atoms with Crippen molar-refractivity contribution in [1.82, 2.24) is 15.1 Å². The zero-order chi connectivity index (χ0) is 19.1. The maximum atomic E-state index is 13.4. The van der Waals surface area contributed by atoms with Gasteiger partial charge in [0.2, 0.25) is 5.91 Å². The van der Waals surface area contributed by atoms with E-state index in [0.29, 0.717) is 35.9 Å². The molecule has 1 amide bonds. The second-order valence-electron chi connectivity index (χ2n) is 7.15. The van der Waals surface area contributed by atoms with E-state index in [1.54, 1.807) is 0 Å². The van der Waals surface area contributed by atoms with Crippen LogP contribution in [0.3, 0.4) is 0 Å². The third-order valence-corrected chi connectivity index (χ3v) is 5.39. The Balaban J connectivity index is 1.64. The molecule has 4 nitrogen and oxygen atoms in total. The topological polar surface area (TPSA) is 46.9 Å². The van der Waals surface area contributed by atoms with E-state index in [2.05, 4.69) is 10.4 Å². The minimum Gasteiger partial charge on any atom is -0.352 e. The highest BCUT2D eigenvalue weighted by Gasteiger charge is 2.57. The summed E-state index contributed by atoms with van der Waals surface area (Å²) in [5.41, 5.74) is 0.312. The highest BCUT2D eigenvalue weighted by molar-refractivity contribution is 5.79. The summed E-state index contributed by atoms with van der Waals surface area (Å²) in [7, 11) is 0. The van der Waals surface area contributed by atoms with E-state index in [4.69, 9.17) is 0 Å². The van der Waals surface area contributed by atoms with Crippen molar-refractivity contribution in [2.45, 2.75) is 51.1 Å². The lowest BCUT2D eigenvalue weighted by Gasteiger charge is -2.48. The van der Waals surface area contributed by atoms with E-state index in [9.17, 15) is 31.1 Å². The summed E-state index contributed by atoms with van der Waals surface area (Å²) in [6.45, 7) is -1.40. The standard InChI is InChI=1S/C16H19F6N3O/c17-15(18,19)8-25-7-9(6-24-25)5-23-14(26)12-10-1-3-11(4-2-10)13(12)16(20,21)22/h6-7,10-13H,1-5,8H2,(H,23,26)/t10?,11?,12-,13-/m0/s1. The smallest absolute Gasteiger partial charge is 0.352 e. The fourth-order valence-electron chi connectivity index (χ4n) is 4.37. The quantitative estimate of drug-likeness (QED) is 0.807. The number of alkyl halides is 6.